The second kappa shape index (κ2) is 21.3. The number of hydrogen-bond acceptors (Lipinski definition) is 12. The highest BCUT2D eigenvalue weighted by molar-refractivity contribution is 6.39. The van der Waals surface area contributed by atoms with E-state index in [9.17, 15) is 34.5 Å². The molecule has 4 aliphatic rings. The van der Waals surface area contributed by atoms with Crippen molar-refractivity contribution in [2.75, 3.05) is 27.9 Å². The summed E-state index contributed by atoms with van der Waals surface area (Å²) in [6, 6.07) is -1.10. The van der Waals surface area contributed by atoms with Crippen LogP contribution in [-0.2, 0) is 42.9 Å². The molecule has 13 nitrogen and oxygen atoms in total. The number of ether oxygens (including phenoxy) is 5. The molecule has 326 valence electrons. The van der Waals surface area contributed by atoms with Gasteiger partial charge in [0.05, 0.1) is 30.5 Å². The Bertz CT molecular complexity index is 1390. The van der Waals surface area contributed by atoms with E-state index in [4.69, 9.17) is 23.7 Å². The SMILES string of the molecule is CCCC1/C=C(\C)CC(C)CC(OC)C2OC(O)(C(=O)C(=O)N3CCCCC3C(=O)OC(C(C)CC3CCC(O)C(OC)C3)C(C)C(O)CC1=O)C(C)CC2OC. The molecule has 2 saturated heterocycles. The zero-order chi connectivity index (χ0) is 42.2. The molecule has 0 radical (unpaired) electrons. The highest BCUT2D eigenvalue weighted by Gasteiger charge is 2.56. The van der Waals surface area contributed by atoms with Gasteiger partial charge in [-0.3, -0.25) is 14.4 Å². The average Bonchev–Trinajstić information content (AvgIpc) is 3.18. The highest BCUT2D eigenvalue weighted by Crippen LogP contribution is 2.40. The van der Waals surface area contributed by atoms with Crippen LogP contribution in [0.3, 0.4) is 0 Å². The number of hydrogen-bond donors (Lipinski definition) is 3. The first-order valence-corrected chi connectivity index (χ1v) is 21.6. The molecule has 3 fully saturated rings. The summed E-state index contributed by atoms with van der Waals surface area (Å²) in [4.78, 5) is 58.0. The number of aliphatic hydroxyl groups is 3. The lowest BCUT2D eigenvalue weighted by Gasteiger charge is -2.47. The molecule has 13 heteroatoms. The van der Waals surface area contributed by atoms with Gasteiger partial charge in [0.2, 0.25) is 5.79 Å². The van der Waals surface area contributed by atoms with E-state index in [1.165, 1.54) is 19.1 Å². The van der Waals surface area contributed by atoms with Gasteiger partial charge >= 0.3 is 5.97 Å². The summed E-state index contributed by atoms with van der Waals surface area (Å²) in [5, 5.41) is 34.2. The Hall–Kier alpha value is -2.26. The van der Waals surface area contributed by atoms with Gasteiger partial charge in [-0.05, 0) is 95.3 Å². The highest BCUT2D eigenvalue weighted by atomic mass is 16.7. The predicted octanol–water partition coefficient (Wildman–Crippen LogP) is 4.94. The zero-order valence-corrected chi connectivity index (χ0v) is 36.0. The first-order valence-electron chi connectivity index (χ1n) is 21.6. The molecule has 2 bridgehead atoms. The Morgan fingerprint density at radius 2 is 1.56 bits per heavy atom. The lowest BCUT2D eigenvalue weighted by Crippen LogP contribution is -2.64. The van der Waals surface area contributed by atoms with E-state index < -0.39 is 83.9 Å². The molecule has 3 N–H and O–H groups in total. The van der Waals surface area contributed by atoms with Gasteiger partial charge in [0, 0.05) is 52.0 Å². The standard InChI is InChI=1S/C44H73NO12/c1-10-13-31-19-25(2)18-26(3)20-37(54-8)40-38(55-9)22-28(5)44(52,57-40)41(49)42(50)45-17-12-11-14-32(45)43(51)56-39(29(6)34(47)24-35(31)48)27(4)21-30-15-16-33(46)36(23-30)53-7/h19,26-34,36-40,46-47,52H,10-18,20-24H2,1-9H3/b25-19+. The summed E-state index contributed by atoms with van der Waals surface area (Å²) in [6.45, 7) is 11.6. The predicted molar refractivity (Wildman–Crippen MR) is 213 cm³/mol. The monoisotopic (exact) mass is 808 g/mol. The summed E-state index contributed by atoms with van der Waals surface area (Å²) in [7, 11) is 4.66. The molecule has 1 aliphatic carbocycles. The van der Waals surface area contributed by atoms with Gasteiger partial charge in [-0.2, -0.15) is 0 Å². The largest absolute Gasteiger partial charge is 0.460 e. The smallest absolute Gasteiger partial charge is 0.329 e. The Morgan fingerprint density at radius 1 is 0.895 bits per heavy atom. The summed E-state index contributed by atoms with van der Waals surface area (Å²) in [5.74, 6) is -7.38. The van der Waals surface area contributed by atoms with Crippen molar-refractivity contribution >= 4 is 23.4 Å². The van der Waals surface area contributed by atoms with Crippen LogP contribution in [0, 0.1) is 35.5 Å². The minimum absolute atomic E-state index is 0.0419. The van der Waals surface area contributed by atoms with E-state index in [-0.39, 0.29) is 55.4 Å². The lowest BCUT2D eigenvalue weighted by molar-refractivity contribution is -0.302. The molecule has 1 saturated carbocycles. The quantitative estimate of drug-likeness (QED) is 0.171. The number of methoxy groups -OCH3 is 3. The molecule has 4 rings (SSSR count). The van der Waals surface area contributed by atoms with Crippen LogP contribution in [0.25, 0.3) is 0 Å². The molecule has 0 aromatic carbocycles. The lowest BCUT2D eigenvalue weighted by atomic mass is 9.76. The Labute approximate surface area is 340 Å². The second-order valence-electron chi connectivity index (χ2n) is 18.0. The topological polar surface area (TPSA) is 178 Å². The molecule has 0 aromatic heterocycles. The number of amides is 1. The third-order valence-electron chi connectivity index (χ3n) is 13.5. The van der Waals surface area contributed by atoms with Crippen molar-refractivity contribution in [1.29, 1.82) is 0 Å². The van der Waals surface area contributed by atoms with Crippen LogP contribution in [0.4, 0.5) is 0 Å². The van der Waals surface area contributed by atoms with Crippen LogP contribution in [0.2, 0.25) is 0 Å². The van der Waals surface area contributed by atoms with Gasteiger partial charge in [-0.1, -0.05) is 52.7 Å². The Balaban J connectivity index is 1.74. The van der Waals surface area contributed by atoms with E-state index in [2.05, 4.69) is 6.92 Å². The number of allylic oxidation sites excluding steroid dienone is 2. The summed E-state index contributed by atoms with van der Waals surface area (Å²) in [5.41, 5.74) is 1.01. The third-order valence-corrected chi connectivity index (χ3v) is 13.5. The minimum atomic E-state index is -2.49. The van der Waals surface area contributed by atoms with Crippen molar-refractivity contribution in [1.82, 2.24) is 4.90 Å². The number of piperidine rings is 1. The number of nitrogens with zero attached hydrogens (tertiary/aromatic N) is 1. The molecular weight excluding hydrogens is 734 g/mol. The van der Waals surface area contributed by atoms with Crippen molar-refractivity contribution in [3.05, 3.63) is 11.6 Å². The van der Waals surface area contributed by atoms with Crippen LogP contribution >= 0.6 is 0 Å². The molecular formula is C44H73NO12. The number of cyclic esters (lactones) is 1. The fraction of sp³-hybridized carbons (Fsp3) is 0.864. The maximum atomic E-state index is 14.3. The molecule has 15 unspecified atom stereocenters. The van der Waals surface area contributed by atoms with Crippen LogP contribution in [0.1, 0.15) is 125 Å². The first kappa shape index (κ1) is 47.4. The Kier molecular flexibility index (Phi) is 17.7. The normalized spacial score (nSPS) is 41.3. The molecule has 57 heavy (non-hydrogen) atoms. The summed E-state index contributed by atoms with van der Waals surface area (Å²) >= 11 is 0. The third kappa shape index (κ3) is 11.5. The zero-order valence-electron chi connectivity index (χ0n) is 36.0. The Morgan fingerprint density at radius 3 is 2.21 bits per heavy atom. The van der Waals surface area contributed by atoms with Gasteiger partial charge in [-0.25, -0.2) is 4.79 Å². The second-order valence-corrected chi connectivity index (χ2v) is 18.0. The number of Topliss-reactive ketones (excluding diaryl/α,β-unsaturated/α-hetero) is 2. The molecule has 1 amide bonds. The van der Waals surface area contributed by atoms with Crippen LogP contribution in [0.15, 0.2) is 11.6 Å². The summed E-state index contributed by atoms with van der Waals surface area (Å²) in [6.07, 6.45) is 3.82. The van der Waals surface area contributed by atoms with Crippen molar-refractivity contribution in [2.45, 2.75) is 180 Å². The first-order chi connectivity index (χ1) is 27.0. The number of esters is 1. The van der Waals surface area contributed by atoms with Crippen LogP contribution < -0.4 is 0 Å². The van der Waals surface area contributed by atoms with E-state index >= 15 is 0 Å². The summed E-state index contributed by atoms with van der Waals surface area (Å²) < 4.78 is 29.9. The molecule has 0 spiro atoms. The van der Waals surface area contributed by atoms with Crippen LogP contribution in [-0.4, -0.2) is 126 Å². The number of aliphatic hydroxyl groups excluding tert-OH is 2. The molecule has 15 atom stereocenters. The van der Waals surface area contributed by atoms with Crippen molar-refractivity contribution in [2.24, 2.45) is 35.5 Å². The van der Waals surface area contributed by atoms with Gasteiger partial charge < -0.3 is 43.9 Å². The fourth-order valence-corrected chi connectivity index (χ4v) is 10.1. The number of carbonyl (C=O) groups excluding carboxylic acids is 4. The van der Waals surface area contributed by atoms with Gasteiger partial charge in [-0.15, -0.1) is 0 Å². The molecule has 3 heterocycles. The van der Waals surface area contributed by atoms with Gasteiger partial charge in [0.1, 0.15) is 24.0 Å². The molecule has 0 aromatic rings. The van der Waals surface area contributed by atoms with Crippen molar-refractivity contribution in [3.63, 3.8) is 0 Å². The fourth-order valence-electron chi connectivity index (χ4n) is 10.1. The maximum Gasteiger partial charge on any atom is 0.329 e. The van der Waals surface area contributed by atoms with Crippen molar-refractivity contribution < 1.29 is 58.2 Å². The van der Waals surface area contributed by atoms with E-state index in [0.717, 1.165) is 18.4 Å². The minimum Gasteiger partial charge on any atom is -0.460 e. The van der Waals surface area contributed by atoms with Gasteiger partial charge in [0.15, 0.2) is 0 Å². The number of fused-ring (bicyclic) bond motifs is 3. The van der Waals surface area contributed by atoms with Gasteiger partial charge in [0.25, 0.3) is 11.7 Å². The van der Waals surface area contributed by atoms with E-state index in [1.54, 1.807) is 21.0 Å². The maximum absolute atomic E-state index is 14.3. The number of carbonyl (C=O) groups is 4. The average molecular weight is 808 g/mol. The van der Waals surface area contributed by atoms with Crippen molar-refractivity contribution in [3.8, 4) is 0 Å². The van der Waals surface area contributed by atoms with E-state index in [0.29, 0.717) is 51.4 Å². The number of rotatable bonds is 8. The van der Waals surface area contributed by atoms with E-state index in [1.807, 2.05) is 26.8 Å². The number of ketones is 2. The molecule has 3 aliphatic heterocycles. The van der Waals surface area contributed by atoms with Crippen LogP contribution in [0.5, 0.6) is 0 Å².